The molecule has 1 aliphatic rings. The number of urea groups is 1. The van der Waals surface area contributed by atoms with Crippen LogP contribution in [0.15, 0.2) is 57.8 Å². The highest BCUT2D eigenvalue weighted by molar-refractivity contribution is 8.01. The molecule has 0 aliphatic carbocycles. The van der Waals surface area contributed by atoms with Crippen molar-refractivity contribution in [2.45, 2.75) is 41.8 Å². The molecule has 0 atom stereocenters. The Morgan fingerprint density at radius 1 is 1.16 bits per heavy atom. The van der Waals surface area contributed by atoms with Crippen LogP contribution < -0.4 is 10.6 Å². The number of nitrogens with one attached hydrogen (secondary N) is 2. The third-order valence-electron chi connectivity index (χ3n) is 5.12. The Morgan fingerprint density at radius 2 is 1.97 bits per heavy atom. The van der Waals surface area contributed by atoms with E-state index in [4.69, 9.17) is 0 Å². The van der Waals surface area contributed by atoms with Crippen molar-refractivity contribution >= 4 is 41.0 Å². The van der Waals surface area contributed by atoms with E-state index in [1.165, 1.54) is 19.6 Å². The number of benzene rings is 1. The normalized spacial score (nSPS) is 15.2. The van der Waals surface area contributed by atoms with Crippen LogP contribution in [0.1, 0.15) is 26.3 Å². The molecule has 0 saturated carbocycles. The number of hydrogen-bond donors (Lipinski definition) is 2. The fourth-order valence-corrected chi connectivity index (χ4v) is 5.65. The van der Waals surface area contributed by atoms with E-state index in [1.54, 1.807) is 43.1 Å². The molecule has 166 valence electrons. The first-order chi connectivity index (χ1) is 15.4. The zero-order valence-corrected chi connectivity index (χ0v) is 19.8. The Labute approximate surface area is 195 Å². The second kappa shape index (κ2) is 9.30. The maximum absolute atomic E-state index is 12.3. The standard InChI is InChI=1S/C23H25N5O2S2/c1-4-15-7-5-6-8-17(15)31-19-10-9-18(32-19)16-11-12-24-21(26-16)25-13-14-28-20(29)23(2,3)27-22(28)30/h5-12H,4,13-14H2,1-3H3,(H,27,30)(H,24,25,26). The lowest BCUT2D eigenvalue weighted by Gasteiger charge is -2.16. The molecule has 9 heteroatoms. The molecule has 1 saturated heterocycles. The van der Waals surface area contributed by atoms with Crippen molar-refractivity contribution in [3.8, 4) is 10.6 Å². The van der Waals surface area contributed by atoms with Crippen LogP contribution >= 0.6 is 23.1 Å². The molecule has 1 aromatic carbocycles. The highest BCUT2D eigenvalue weighted by Crippen LogP contribution is 2.38. The van der Waals surface area contributed by atoms with Crippen LogP contribution in [0, 0.1) is 0 Å². The number of aromatic nitrogens is 2. The number of amides is 3. The average molecular weight is 468 g/mol. The van der Waals surface area contributed by atoms with Crippen molar-refractivity contribution in [3.05, 3.63) is 54.2 Å². The minimum atomic E-state index is -0.861. The molecule has 1 fully saturated rings. The first kappa shape index (κ1) is 22.3. The summed E-state index contributed by atoms with van der Waals surface area (Å²) in [6, 6.07) is 14.2. The van der Waals surface area contributed by atoms with Crippen LogP contribution in [0.2, 0.25) is 0 Å². The molecule has 2 aromatic heterocycles. The van der Waals surface area contributed by atoms with Crippen LogP contribution in [0.25, 0.3) is 10.6 Å². The fraction of sp³-hybridized carbons (Fsp3) is 0.304. The smallest absolute Gasteiger partial charge is 0.325 e. The minimum absolute atomic E-state index is 0.229. The second-order valence-corrected chi connectivity index (χ2v) is 10.3. The van der Waals surface area contributed by atoms with Crippen LogP contribution in [-0.4, -0.2) is 45.4 Å². The van der Waals surface area contributed by atoms with E-state index < -0.39 is 5.54 Å². The summed E-state index contributed by atoms with van der Waals surface area (Å²) in [6.07, 6.45) is 2.71. The summed E-state index contributed by atoms with van der Waals surface area (Å²) >= 11 is 3.46. The Morgan fingerprint density at radius 3 is 2.72 bits per heavy atom. The van der Waals surface area contributed by atoms with Gasteiger partial charge in [-0.25, -0.2) is 14.8 Å². The monoisotopic (exact) mass is 467 g/mol. The lowest BCUT2D eigenvalue weighted by molar-refractivity contribution is -0.130. The van der Waals surface area contributed by atoms with Crippen LogP contribution in [-0.2, 0) is 11.2 Å². The number of rotatable bonds is 8. The number of carbonyl (C=O) groups is 2. The van der Waals surface area contributed by atoms with Gasteiger partial charge in [-0.05, 0) is 50.1 Å². The Bertz CT molecular complexity index is 1140. The number of aryl methyl sites for hydroxylation is 1. The highest BCUT2D eigenvalue weighted by Gasteiger charge is 2.43. The van der Waals surface area contributed by atoms with Crippen molar-refractivity contribution in [1.82, 2.24) is 20.2 Å². The van der Waals surface area contributed by atoms with E-state index in [1.807, 2.05) is 6.07 Å². The lowest BCUT2D eigenvalue weighted by Crippen LogP contribution is -2.40. The van der Waals surface area contributed by atoms with Crippen molar-refractivity contribution < 1.29 is 9.59 Å². The molecule has 0 spiro atoms. The molecule has 2 N–H and O–H groups in total. The number of imide groups is 1. The number of carbonyl (C=O) groups excluding carboxylic acids is 2. The van der Waals surface area contributed by atoms with Gasteiger partial charge < -0.3 is 10.6 Å². The van der Waals surface area contributed by atoms with Gasteiger partial charge in [-0.15, -0.1) is 11.3 Å². The molecule has 3 amide bonds. The van der Waals surface area contributed by atoms with Gasteiger partial charge in [0, 0.05) is 24.2 Å². The topological polar surface area (TPSA) is 87.2 Å². The molecule has 7 nitrogen and oxygen atoms in total. The predicted molar refractivity (Wildman–Crippen MR) is 128 cm³/mol. The third-order valence-corrected chi connectivity index (χ3v) is 7.47. The minimum Gasteiger partial charge on any atom is -0.352 e. The Hall–Kier alpha value is -2.91. The number of thiophene rings is 1. The van der Waals surface area contributed by atoms with E-state index in [9.17, 15) is 9.59 Å². The third kappa shape index (κ3) is 4.78. The summed E-state index contributed by atoms with van der Waals surface area (Å²) < 4.78 is 1.20. The summed E-state index contributed by atoms with van der Waals surface area (Å²) in [4.78, 5) is 36.7. The van der Waals surface area contributed by atoms with Gasteiger partial charge in [0.25, 0.3) is 5.91 Å². The van der Waals surface area contributed by atoms with Gasteiger partial charge in [-0.3, -0.25) is 9.69 Å². The van der Waals surface area contributed by atoms with E-state index in [0.29, 0.717) is 12.5 Å². The van der Waals surface area contributed by atoms with Gasteiger partial charge in [0.15, 0.2) is 0 Å². The predicted octanol–water partition coefficient (Wildman–Crippen LogP) is 4.66. The molecule has 0 radical (unpaired) electrons. The molecular formula is C23H25N5O2S2. The van der Waals surface area contributed by atoms with E-state index >= 15 is 0 Å². The van der Waals surface area contributed by atoms with Crippen molar-refractivity contribution in [1.29, 1.82) is 0 Å². The van der Waals surface area contributed by atoms with Crippen molar-refractivity contribution in [3.63, 3.8) is 0 Å². The number of anilines is 1. The molecule has 32 heavy (non-hydrogen) atoms. The second-order valence-electron chi connectivity index (χ2n) is 7.89. The van der Waals surface area contributed by atoms with Crippen LogP contribution in [0.3, 0.4) is 0 Å². The zero-order valence-electron chi connectivity index (χ0n) is 18.2. The largest absolute Gasteiger partial charge is 0.352 e. The average Bonchev–Trinajstić information content (AvgIpc) is 3.32. The first-order valence-corrected chi connectivity index (χ1v) is 12.1. The molecule has 3 heterocycles. The van der Waals surface area contributed by atoms with E-state index in [-0.39, 0.29) is 18.5 Å². The molecule has 0 bridgehead atoms. The maximum Gasteiger partial charge on any atom is 0.325 e. The van der Waals surface area contributed by atoms with E-state index in [2.05, 4.69) is 63.9 Å². The maximum atomic E-state index is 12.3. The summed E-state index contributed by atoms with van der Waals surface area (Å²) in [7, 11) is 0. The van der Waals surface area contributed by atoms with Gasteiger partial charge >= 0.3 is 6.03 Å². The molecule has 0 unspecified atom stereocenters. The van der Waals surface area contributed by atoms with Crippen LogP contribution in [0.5, 0.6) is 0 Å². The zero-order chi connectivity index (χ0) is 22.7. The van der Waals surface area contributed by atoms with Gasteiger partial charge in [-0.2, -0.15) is 0 Å². The fourth-order valence-electron chi connectivity index (χ4n) is 3.40. The number of nitrogens with zero attached hydrogens (tertiary/aromatic N) is 3. The molecule has 4 rings (SSSR count). The molecule has 3 aromatic rings. The molecule has 1 aliphatic heterocycles. The highest BCUT2D eigenvalue weighted by atomic mass is 32.2. The SMILES string of the molecule is CCc1ccccc1Sc1ccc(-c2ccnc(NCCN3C(=O)NC(C)(C)C3=O)n2)s1. The van der Waals surface area contributed by atoms with Gasteiger partial charge in [0.2, 0.25) is 5.95 Å². The summed E-state index contributed by atoms with van der Waals surface area (Å²) in [5.41, 5.74) is 1.31. The summed E-state index contributed by atoms with van der Waals surface area (Å²) in [5.74, 6) is 0.236. The quantitative estimate of drug-likeness (QED) is 0.469. The van der Waals surface area contributed by atoms with E-state index in [0.717, 1.165) is 17.0 Å². The van der Waals surface area contributed by atoms with Crippen LogP contribution in [0.4, 0.5) is 10.7 Å². The Kier molecular flexibility index (Phi) is 6.48. The van der Waals surface area contributed by atoms with Crippen molar-refractivity contribution in [2.75, 3.05) is 18.4 Å². The molecular weight excluding hydrogens is 442 g/mol. The lowest BCUT2D eigenvalue weighted by atomic mass is 10.1. The summed E-state index contributed by atoms with van der Waals surface area (Å²) in [6.45, 7) is 6.18. The number of hydrogen-bond acceptors (Lipinski definition) is 7. The first-order valence-electron chi connectivity index (χ1n) is 10.4. The van der Waals surface area contributed by atoms with Crippen molar-refractivity contribution in [2.24, 2.45) is 0 Å². The van der Waals surface area contributed by atoms with Gasteiger partial charge in [0.1, 0.15) is 5.54 Å². The summed E-state index contributed by atoms with van der Waals surface area (Å²) in [5, 5.41) is 5.79. The Balaban J connectivity index is 1.39. The van der Waals surface area contributed by atoms with Gasteiger partial charge in [0.05, 0.1) is 14.8 Å². The van der Waals surface area contributed by atoms with Gasteiger partial charge in [-0.1, -0.05) is 36.9 Å².